The molecule has 0 aromatic carbocycles. The van der Waals surface area contributed by atoms with E-state index < -0.39 is 0 Å². The number of aromatic nitrogens is 1. The number of nitrogens with one attached hydrogen (secondary N) is 1. The van der Waals surface area contributed by atoms with E-state index in [0.29, 0.717) is 0 Å². The highest BCUT2D eigenvalue weighted by atomic mass is 35.5. The van der Waals surface area contributed by atoms with E-state index in [1.165, 1.54) is 31.4 Å². The van der Waals surface area contributed by atoms with Crippen molar-refractivity contribution in [3.63, 3.8) is 0 Å². The Morgan fingerprint density at radius 2 is 2.05 bits per heavy atom. The first kappa shape index (κ1) is 15.7. The van der Waals surface area contributed by atoms with Crippen molar-refractivity contribution < 1.29 is 0 Å². The Kier molecular flexibility index (Phi) is 4.67. The molecule has 0 atom stereocenters. The molecule has 22 heavy (non-hydrogen) atoms. The molecule has 0 unspecified atom stereocenters. The number of rotatable bonds is 6. The number of aryl methyl sites for hydroxylation is 1. The predicted octanol–water partition coefficient (Wildman–Crippen LogP) is 3.12. The van der Waals surface area contributed by atoms with Crippen LogP contribution in [0.5, 0.6) is 0 Å². The number of guanidine groups is 1. The van der Waals surface area contributed by atoms with E-state index in [0.717, 1.165) is 41.8 Å². The zero-order chi connectivity index (χ0) is 15.7. The predicted molar refractivity (Wildman–Crippen MR) is 92.2 cm³/mol. The van der Waals surface area contributed by atoms with Crippen molar-refractivity contribution in [2.45, 2.75) is 32.2 Å². The maximum atomic E-state index is 6.06. The van der Waals surface area contributed by atoms with Gasteiger partial charge in [0.15, 0.2) is 5.96 Å². The Morgan fingerprint density at radius 3 is 2.50 bits per heavy atom. The maximum absolute atomic E-state index is 6.06. The molecule has 1 N–H and O–H groups in total. The van der Waals surface area contributed by atoms with E-state index in [9.17, 15) is 0 Å². The Balaban J connectivity index is 1.55. The molecular weight excluding hydrogens is 296 g/mol. The number of hydrogen-bond acceptors (Lipinski definition) is 1. The van der Waals surface area contributed by atoms with Crippen molar-refractivity contribution in [2.24, 2.45) is 29.8 Å². The largest absolute Gasteiger partial charge is 0.356 e. The summed E-state index contributed by atoms with van der Waals surface area (Å²) in [6.07, 6.45) is 7.66. The Bertz CT molecular complexity index is 531. The third kappa shape index (κ3) is 3.78. The monoisotopic (exact) mass is 322 g/mol. The molecule has 4 nitrogen and oxygen atoms in total. The maximum Gasteiger partial charge on any atom is 0.193 e. The first-order chi connectivity index (χ1) is 10.6. The van der Waals surface area contributed by atoms with Crippen LogP contribution in [0.15, 0.2) is 17.3 Å². The van der Waals surface area contributed by atoms with Gasteiger partial charge in [-0.1, -0.05) is 11.6 Å². The molecule has 122 valence electrons. The van der Waals surface area contributed by atoms with Gasteiger partial charge in [0.25, 0.3) is 0 Å². The molecule has 2 aliphatic carbocycles. The van der Waals surface area contributed by atoms with E-state index in [4.69, 9.17) is 11.6 Å². The van der Waals surface area contributed by atoms with Crippen LogP contribution in [-0.4, -0.2) is 36.1 Å². The van der Waals surface area contributed by atoms with Crippen molar-refractivity contribution in [1.82, 2.24) is 14.8 Å². The second-order valence-corrected chi connectivity index (χ2v) is 7.32. The lowest BCUT2D eigenvalue weighted by Crippen LogP contribution is -2.41. The highest BCUT2D eigenvalue weighted by molar-refractivity contribution is 6.30. The summed E-state index contributed by atoms with van der Waals surface area (Å²) < 4.78 is 2.07. The molecule has 5 heteroatoms. The van der Waals surface area contributed by atoms with Crippen LogP contribution in [0.3, 0.4) is 0 Å². The number of aliphatic imine (C=N–C) groups is 1. The number of nitrogens with zero attached hydrogens (tertiary/aromatic N) is 3. The van der Waals surface area contributed by atoms with Gasteiger partial charge in [0.05, 0.1) is 11.6 Å². The third-order valence-electron chi connectivity index (χ3n) is 5.00. The van der Waals surface area contributed by atoms with Gasteiger partial charge >= 0.3 is 0 Å². The van der Waals surface area contributed by atoms with Gasteiger partial charge in [-0.3, -0.25) is 4.99 Å². The molecule has 1 aromatic heterocycles. The van der Waals surface area contributed by atoms with Crippen LogP contribution in [0.25, 0.3) is 0 Å². The van der Waals surface area contributed by atoms with E-state index in [2.05, 4.69) is 26.8 Å². The van der Waals surface area contributed by atoms with Crippen molar-refractivity contribution in [3.8, 4) is 0 Å². The van der Waals surface area contributed by atoms with E-state index in [-0.39, 0.29) is 0 Å². The summed E-state index contributed by atoms with van der Waals surface area (Å²) in [6.45, 7) is 1.88. The molecule has 1 heterocycles. The molecule has 0 aliphatic heterocycles. The smallest absolute Gasteiger partial charge is 0.193 e. The second-order valence-electron chi connectivity index (χ2n) is 6.88. The van der Waals surface area contributed by atoms with Gasteiger partial charge in [0.1, 0.15) is 0 Å². The summed E-state index contributed by atoms with van der Waals surface area (Å²) in [5, 5.41) is 4.38. The van der Waals surface area contributed by atoms with Crippen LogP contribution in [0.4, 0.5) is 0 Å². The first-order valence-electron chi connectivity index (χ1n) is 8.31. The standard InChI is InChI=1S/C17H27ClN4/c1-19-17(20-9-16(12-4-5-12)13-6-7-13)22(3)11-15-8-14(18)10-21(15)2/h8,10,12-13,16H,4-7,9,11H2,1-3H3,(H,19,20). The minimum atomic E-state index is 0.788. The Morgan fingerprint density at radius 1 is 1.41 bits per heavy atom. The van der Waals surface area contributed by atoms with Gasteiger partial charge in [-0.15, -0.1) is 0 Å². The molecule has 2 fully saturated rings. The Labute approximate surface area is 138 Å². The van der Waals surface area contributed by atoms with Crippen LogP contribution in [-0.2, 0) is 13.6 Å². The van der Waals surface area contributed by atoms with Crippen LogP contribution >= 0.6 is 11.6 Å². The lowest BCUT2D eigenvalue weighted by molar-refractivity contribution is 0.385. The fourth-order valence-electron chi connectivity index (χ4n) is 3.40. The summed E-state index contributed by atoms with van der Waals surface area (Å²) in [5.41, 5.74) is 1.19. The van der Waals surface area contributed by atoms with Gasteiger partial charge < -0.3 is 14.8 Å². The van der Waals surface area contributed by atoms with Crippen molar-refractivity contribution >= 4 is 17.6 Å². The first-order valence-corrected chi connectivity index (χ1v) is 8.68. The molecule has 1 aromatic rings. The van der Waals surface area contributed by atoms with Gasteiger partial charge in [-0.05, 0) is 49.5 Å². The fraction of sp³-hybridized carbons (Fsp3) is 0.706. The highest BCUT2D eigenvalue weighted by Gasteiger charge is 2.41. The van der Waals surface area contributed by atoms with Gasteiger partial charge in [-0.2, -0.15) is 0 Å². The third-order valence-corrected chi connectivity index (χ3v) is 5.20. The second kappa shape index (κ2) is 6.53. The van der Waals surface area contributed by atoms with Gasteiger partial charge in [0, 0.05) is 39.6 Å². The van der Waals surface area contributed by atoms with Crippen LogP contribution in [0, 0.1) is 17.8 Å². The van der Waals surface area contributed by atoms with E-state index in [1.807, 2.05) is 26.4 Å². The van der Waals surface area contributed by atoms with Crippen molar-refractivity contribution in [1.29, 1.82) is 0 Å². The zero-order valence-corrected chi connectivity index (χ0v) is 14.6. The highest BCUT2D eigenvalue weighted by Crippen LogP contribution is 2.48. The van der Waals surface area contributed by atoms with Crippen molar-refractivity contribution in [2.75, 3.05) is 20.6 Å². The molecule has 0 spiro atoms. The minimum absolute atomic E-state index is 0.788. The molecule has 0 radical (unpaired) electrons. The lowest BCUT2D eigenvalue weighted by Gasteiger charge is -2.25. The van der Waals surface area contributed by atoms with Crippen LogP contribution in [0.2, 0.25) is 5.02 Å². The SMILES string of the molecule is CN=C(NCC(C1CC1)C1CC1)N(C)Cc1cc(Cl)cn1C. The summed E-state index contributed by atoms with van der Waals surface area (Å²) >= 11 is 6.06. The summed E-state index contributed by atoms with van der Waals surface area (Å²) in [5.74, 6) is 3.77. The number of halogens is 1. The molecular formula is C17H27ClN4. The Hall–Kier alpha value is -1.16. The zero-order valence-electron chi connectivity index (χ0n) is 13.8. The molecule has 0 saturated heterocycles. The van der Waals surface area contributed by atoms with Gasteiger partial charge in [-0.25, -0.2) is 0 Å². The minimum Gasteiger partial charge on any atom is -0.356 e. The van der Waals surface area contributed by atoms with Crippen LogP contribution < -0.4 is 5.32 Å². The molecule has 2 saturated carbocycles. The quantitative estimate of drug-likeness (QED) is 0.644. The molecule has 3 rings (SSSR count). The van der Waals surface area contributed by atoms with Crippen LogP contribution in [0.1, 0.15) is 31.4 Å². The van der Waals surface area contributed by atoms with E-state index >= 15 is 0 Å². The average Bonchev–Trinajstić information content (AvgIpc) is 3.36. The van der Waals surface area contributed by atoms with Crippen molar-refractivity contribution in [3.05, 3.63) is 23.0 Å². The summed E-state index contributed by atoms with van der Waals surface area (Å²) in [6, 6.07) is 2.02. The van der Waals surface area contributed by atoms with Gasteiger partial charge in [0.2, 0.25) is 0 Å². The normalized spacial score (nSPS) is 18.9. The lowest BCUT2D eigenvalue weighted by atomic mass is 9.98. The topological polar surface area (TPSA) is 32.6 Å². The average molecular weight is 323 g/mol. The number of hydrogen-bond donors (Lipinski definition) is 1. The molecule has 2 aliphatic rings. The summed E-state index contributed by atoms with van der Waals surface area (Å²) in [4.78, 5) is 6.61. The van der Waals surface area contributed by atoms with E-state index in [1.54, 1.807) is 0 Å². The summed E-state index contributed by atoms with van der Waals surface area (Å²) in [7, 11) is 5.97. The molecule has 0 bridgehead atoms. The molecule has 0 amide bonds. The fourth-order valence-corrected chi connectivity index (χ4v) is 3.67.